The minimum Gasteiger partial charge on any atom is -0.489 e. The van der Waals surface area contributed by atoms with E-state index in [1.165, 1.54) is 0 Å². The lowest BCUT2D eigenvalue weighted by atomic mass is 9.85. The number of Topliss-reactive ketones (excluding diaryl/α,β-unsaturated/α-hetero) is 1. The van der Waals surface area contributed by atoms with E-state index in [0.717, 1.165) is 17.6 Å². The molecule has 6 heteroatoms. The third kappa shape index (κ3) is 6.45. The van der Waals surface area contributed by atoms with Gasteiger partial charge < -0.3 is 14.3 Å². The highest BCUT2D eigenvalue weighted by Crippen LogP contribution is 2.39. The van der Waals surface area contributed by atoms with Gasteiger partial charge in [-0.2, -0.15) is 0 Å². The zero-order chi connectivity index (χ0) is 23.1. The fourth-order valence-corrected chi connectivity index (χ4v) is 4.56. The van der Waals surface area contributed by atoms with E-state index in [0.29, 0.717) is 37.4 Å². The Morgan fingerprint density at radius 1 is 1.00 bits per heavy atom. The van der Waals surface area contributed by atoms with Crippen molar-refractivity contribution in [2.75, 3.05) is 31.1 Å². The van der Waals surface area contributed by atoms with Crippen molar-refractivity contribution in [3.05, 3.63) is 65.7 Å². The predicted molar refractivity (Wildman–Crippen MR) is 129 cm³/mol. The van der Waals surface area contributed by atoms with Crippen LogP contribution in [0.1, 0.15) is 28.8 Å². The van der Waals surface area contributed by atoms with Crippen LogP contribution in [0, 0.1) is 17.8 Å². The number of aldehydes is 1. The van der Waals surface area contributed by atoms with Gasteiger partial charge in [0.05, 0.1) is 12.5 Å². The molecular weight excluding hydrogens is 424 g/mol. The van der Waals surface area contributed by atoms with E-state index in [4.69, 9.17) is 9.47 Å². The van der Waals surface area contributed by atoms with Crippen molar-refractivity contribution in [1.29, 1.82) is 0 Å². The maximum absolute atomic E-state index is 13.2. The van der Waals surface area contributed by atoms with Crippen LogP contribution >= 0.6 is 10.0 Å². The summed E-state index contributed by atoms with van der Waals surface area (Å²) in [4.78, 5) is 37.5. The molecule has 0 N–H and O–H groups in total. The molecule has 0 heterocycles. The molecule has 5 nitrogen and oxygen atoms in total. The van der Waals surface area contributed by atoms with Crippen molar-refractivity contribution in [3.63, 3.8) is 0 Å². The second kappa shape index (κ2) is 10.8. The van der Waals surface area contributed by atoms with E-state index in [1.54, 1.807) is 24.3 Å². The molecule has 0 radical (unpaired) electrons. The largest absolute Gasteiger partial charge is 0.489 e. The third-order valence-corrected chi connectivity index (χ3v) is 7.21. The fourth-order valence-electron chi connectivity index (χ4n) is 3.97. The summed E-state index contributed by atoms with van der Waals surface area (Å²) in [6.07, 6.45) is 8.31. The molecule has 1 aliphatic carbocycles. The first kappa shape index (κ1) is 24.1. The molecule has 3 atom stereocenters. The van der Waals surface area contributed by atoms with E-state index in [1.807, 2.05) is 30.3 Å². The smallest absolute Gasteiger partial charge is 0.310 e. The van der Waals surface area contributed by atoms with Crippen LogP contribution in [-0.4, -0.2) is 49.2 Å². The van der Waals surface area contributed by atoms with Gasteiger partial charge in [0, 0.05) is 23.2 Å². The lowest BCUT2D eigenvalue weighted by Crippen LogP contribution is -2.32. The van der Waals surface area contributed by atoms with Crippen molar-refractivity contribution in [2.45, 2.75) is 19.4 Å². The van der Waals surface area contributed by atoms with E-state index < -0.39 is 33.8 Å². The normalized spacial score (nSPS) is 21.0. The number of ketones is 1. The third-order valence-electron chi connectivity index (χ3n) is 5.82. The van der Waals surface area contributed by atoms with Gasteiger partial charge in [-0.1, -0.05) is 30.3 Å². The first-order chi connectivity index (χ1) is 15.3. The molecule has 0 saturated heterocycles. The average Bonchev–Trinajstić information content (AvgIpc) is 3.21. The summed E-state index contributed by atoms with van der Waals surface area (Å²) in [6.45, 7) is 0.774. The van der Waals surface area contributed by atoms with E-state index in [-0.39, 0.29) is 5.78 Å². The highest BCUT2D eigenvalue weighted by atomic mass is 32.3. The maximum Gasteiger partial charge on any atom is 0.310 e. The zero-order valence-electron chi connectivity index (χ0n) is 19.0. The van der Waals surface area contributed by atoms with Crippen LogP contribution in [0.5, 0.6) is 5.75 Å². The van der Waals surface area contributed by atoms with Crippen LogP contribution < -0.4 is 4.74 Å². The van der Waals surface area contributed by atoms with Gasteiger partial charge in [0.2, 0.25) is 0 Å². The summed E-state index contributed by atoms with van der Waals surface area (Å²) >= 11 is 0. The monoisotopic (exact) mass is 456 g/mol. The Morgan fingerprint density at radius 2 is 1.69 bits per heavy atom. The molecule has 0 spiro atoms. The van der Waals surface area contributed by atoms with Gasteiger partial charge in [-0.3, -0.25) is 9.59 Å². The average molecular weight is 457 g/mol. The number of carbonyl (C=O) groups excluding carboxylic acids is 3. The Labute approximate surface area is 191 Å². The first-order valence-electron chi connectivity index (χ1n) is 10.9. The molecule has 32 heavy (non-hydrogen) atoms. The topological polar surface area (TPSA) is 69.7 Å². The molecular formula is C26H32O5S. The lowest BCUT2D eigenvalue weighted by Gasteiger charge is -2.26. The summed E-state index contributed by atoms with van der Waals surface area (Å²) < 4.78 is 11.3. The van der Waals surface area contributed by atoms with Crippen LogP contribution in [-0.2, 0) is 20.9 Å². The molecule has 2 aromatic rings. The predicted octanol–water partition coefficient (Wildman–Crippen LogP) is 4.53. The Hall–Kier alpha value is -2.60. The summed E-state index contributed by atoms with van der Waals surface area (Å²) in [7, 11) is -0.788. The highest BCUT2D eigenvalue weighted by molar-refractivity contribution is 8.32. The summed E-state index contributed by atoms with van der Waals surface area (Å²) in [5.74, 6) is -0.771. The van der Waals surface area contributed by atoms with Crippen molar-refractivity contribution in [1.82, 2.24) is 0 Å². The van der Waals surface area contributed by atoms with Gasteiger partial charge in [-0.15, -0.1) is 0 Å². The van der Waals surface area contributed by atoms with Crippen LogP contribution in [0.25, 0.3) is 0 Å². The van der Waals surface area contributed by atoms with Crippen LogP contribution in [0.3, 0.4) is 0 Å². The summed E-state index contributed by atoms with van der Waals surface area (Å²) in [5, 5.41) is 0. The molecule has 1 saturated carbocycles. The highest BCUT2D eigenvalue weighted by Gasteiger charge is 2.45. The van der Waals surface area contributed by atoms with Crippen molar-refractivity contribution in [2.24, 2.45) is 17.8 Å². The molecule has 0 unspecified atom stereocenters. The van der Waals surface area contributed by atoms with Gasteiger partial charge in [0.25, 0.3) is 0 Å². The molecule has 172 valence electrons. The van der Waals surface area contributed by atoms with Crippen molar-refractivity contribution in [3.8, 4) is 5.75 Å². The summed E-state index contributed by atoms with van der Waals surface area (Å²) in [5.41, 5.74) is 1.58. The van der Waals surface area contributed by atoms with Crippen LogP contribution in [0.4, 0.5) is 0 Å². The number of esters is 1. The molecule has 0 aliphatic heterocycles. The molecule has 0 bridgehead atoms. The van der Waals surface area contributed by atoms with Gasteiger partial charge in [0.1, 0.15) is 18.6 Å². The Kier molecular flexibility index (Phi) is 8.13. The molecule has 2 aromatic carbocycles. The van der Waals surface area contributed by atoms with Crippen LogP contribution in [0.15, 0.2) is 54.6 Å². The van der Waals surface area contributed by atoms with E-state index in [9.17, 15) is 14.4 Å². The second-order valence-corrected chi connectivity index (χ2v) is 13.7. The fraction of sp³-hybridized carbons (Fsp3) is 0.423. The molecule has 0 aromatic heterocycles. The van der Waals surface area contributed by atoms with Crippen LogP contribution in [0.2, 0.25) is 0 Å². The van der Waals surface area contributed by atoms with Crippen molar-refractivity contribution >= 4 is 28.1 Å². The zero-order valence-corrected chi connectivity index (χ0v) is 19.8. The second-order valence-electron chi connectivity index (χ2n) is 9.13. The quantitative estimate of drug-likeness (QED) is 0.299. The molecule has 1 aliphatic rings. The standard InChI is InChI=1S/C26H32O5S/c1-32(2,3)16-15-30-26(29)24-21(17-27)11-14-23(24)25(28)20-9-12-22(13-10-20)31-18-19-7-5-4-6-8-19/h4-10,12-13,17,21,23-24H,11,14-16,18H2,1-3H3/t21-,23-,24-/m0/s1. The maximum atomic E-state index is 13.2. The number of benzene rings is 2. The Balaban J connectivity index is 1.63. The number of hydrogen-bond donors (Lipinski definition) is 0. The molecule has 3 rings (SSSR count). The Bertz CT molecular complexity index is 917. The number of carbonyl (C=O) groups is 3. The minimum atomic E-state index is -0.788. The van der Waals surface area contributed by atoms with Gasteiger partial charge in [-0.25, -0.2) is 10.0 Å². The SMILES string of the molecule is CS(C)(C)CCOC(=O)[C@H]1[C@H](C=O)CC[C@@H]1C(=O)c1ccc(OCc2ccccc2)cc1. The van der Waals surface area contributed by atoms with Gasteiger partial charge in [0.15, 0.2) is 5.78 Å². The van der Waals surface area contributed by atoms with Gasteiger partial charge >= 0.3 is 5.97 Å². The first-order valence-corrected chi connectivity index (χ1v) is 13.9. The van der Waals surface area contributed by atoms with Crippen molar-refractivity contribution < 1.29 is 23.9 Å². The lowest BCUT2D eigenvalue weighted by molar-refractivity contribution is -0.151. The minimum absolute atomic E-state index is 0.118. The van der Waals surface area contributed by atoms with E-state index in [2.05, 4.69) is 18.8 Å². The van der Waals surface area contributed by atoms with E-state index >= 15 is 0 Å². The number of rotatable bonds is 10. The summed E-state index contributed by atoms with van der Waals surface area (Å²) in [6, 6.07) is 16.8. The van der Waals surface area contributed by atoms with Gasteiger partial charge in [-0.05, 0) is 61.4 Å². The number of hydrogen-bond acceptors (Lipinski definition) is 5. The number of ether oxygens (including phenoxy) is 2. The molecule has 0 amide bonds. The molecule has 1 fully saturated rings. The Morgan fingerprint density at radius 3 is 2.31 bits per heavy atom.